The first-order valence-electron chi connectivity index (χ1n) is 10.1. The lowest BCUT2D eigenvalue weighted by Crippen LogP contribution is -2.52. The predicted molar refractivity (Wildman–Crippen MR) is 108 cm³/mol. The molecule has 16 heteroatoms. The maximum absolute atomic E-state index is 14.4. The number of urea groups is 1. The molecule has 0 aliphatic rings. The van der Waals surface area contributed by atoms with Gasteiger partial charge in [-0.15, -0.1) is 6.58 Å². The van der Waals surface area contributed by atoms with Gasteiger partial charge < -0.3 is 15.4 Å². The Morgan fingerprint density at radius 2 is 1.58 bits per heavy atom. The molecule has 0 aliphatic carbocycles. The number of amides is 2. The Balaban J connectivity index is 2.80. The fraction of sp³-hybridized carbons (Fsp3) is 0.318. The van der Waals surface area contributed by atoms with E-state index in [0.717, 1.165) is 6.08 Å². The summed E-state index contributed by atoms with van der Waals surface area (Å²) in [5.74, 6) is -4.56. The van der Waals surface area contributed by atoms with Crippen LogP contribution in [0.15, 0.2) is 49.1 Å². The van der Waals surface area contributed by atoms with Crippen LogP contribution in [0.5, 0.6) is 5.75 Å². The Kier molecular flexibility index (Phi) is 8.89. The van der Waals surface area contributed by atoms with Crippen molar-refractivity contribution in [3.63, 3.8) is 0 Å². The molecule has 1 atom stereocenters. The van der Waals surface area contributed by atoms with E-state index in [9.17, 15) is 57.5 Å². The average Bonchev–Trinajstić information content (AvgIpc) is 2.75. The quantitative estimate of drug-likeness (QED) is 0.256. The minimum absolute atomic E-state index is 0.141. The molecule has 0 spiro atoms. The Morgan fingerprint density at radius 3 is 2.11 bits per heavy atom. The molecule has 0 unspecified atom stereocenters. The van der Waals surface area contributed by atoms with E-state index in [1.807, 2.05) is 5.32 Å². The summed E-state index contributed by atoms with van der Waals surface area (Å²) in [6.07, 6.45) is -19.7. The maximum atomic E-state index is 14.4. The first kappa shape index (κ1) is 30.6. The number of carbonyl (C=O) groups is 1. The van der Waals surface area contributed by atoms with Crippen LogP contribution in [0.25, 0.3) is 0 Å². The summed E-state index contributed by atoms with van der Waals surface area (Å²) < 4.78 is 162. The summed E-state index contributed by atoms with van der Waals surface area (Å²) in [6, 6.07) is 0.480. The van der Waals surface area contributed by atoms with Crippen molar-refractivity contribution in [2.45, 2.75) is 36.8 Å². The van der Waals surface area contributed by atoms with Gasteiger partial charge in [0.25, 0.3) is 0 Å². The lowest BCUT2D eigenvalue weighted by molar-refractivity contribution is -0.253. The molecule has 0 fully saturated rings. The van der Waals surface area contributed by atoms with Crippen molar-refractivity contribution in [3.05, 3.63) is 77.4 Å². The molecule has 0 saturated carbocycles. The Bertz CT molecular complexity index is 1160. The van der Waals surface area contributed by atoms with Crippen LogP contribution >= 0.6 is 0 Å². The summed E-state index contributed by atoms with van der Waals surface area (Å²) in [4.78, 5) is 12.4. The highest BCUT2D eigenvalue weighted by atomic mass is 19.4. The van der Waals surface area contributed by atoms with E-state index in [1.54, 1.807) is 0 Å². The van der Waals surface area contributed by atoms with Crippen LogP contribution in [0.1, 0.15) is 23.1 Å². The lowest BCUT2D eigenvalue weighted by Gasteiger charge is -2.36. The zero-order chi connectivity index (χ0) is 29.1. The van der Waals surface area contributed by atoms with Crippen molar-refractivity contribution in [1.82, 2.24) is 10.6 Å². The molecule has 0 heterocycles. The van der Waals surface area contributed by atoms with E-state index in [4.69, 9.17) is 0 Å². The predicted octanol–water partition coefficient (Wildman–Crippen LogP) is 6.90. The second-order valence-electron chi connectivity index (χ2n) is 7.65. The van der Waals surface area contributed by atoms with Crippen molar-refractivity contribution in [3.8, 4) is 5.75 Å². The summed E-state index contributed by atoms with van der Waals surface area (Å²) in [5, 5.41) is 3.27. The van der Waals surface area contributed by atoms with E-state index < -0.39 is 83.5 Å². The standard InChI is InChI=1S/C22H16F12N2O2/c1-2-5-19(36-18(37)35-10-20(27,28)29,11-3-4-16(24)15(8-11)21(30,31)32)12-6-13(23)9-14(7-12)38-22(33,34)17(25)26/h2-4,6-9,17H,1,5,10H2,(H2,35,36,37)/t19-/m1/s1. The van der Waals surface area contributed by atoms with Gasteiger partial charge in [0.05, 0.1) is 11.1 Å². The molecular weight excluding hydrogens is 552 g/mol. The molecule has 0 radical (unpaired) electrons. The fourth-order valence-electron chi connectivity index (χ4n) is 3.31. The molecule has 2 aromatic carbocycles. The third kappa shape index (κ3) is 7.47. The largest absolute Gasteiger partial charge is 0.461 e. The summed E-state index contributed by atoms with van der Waals surface area (Å²) >= 11 is 0. The molecule has 2 rings (SSSR count). The van der Waals surface area contributed by atoms with Crippen LogP contribution in [-0.2, 0) is 11.7 Å². The Labute approximate surface area is 206 Å². The van der Waals surface area contributed by atoms with Crippen LogP contribution in [-0.4, -0.2) is 31.3 Å². The number of carbonyl (C=O) groups excluding carboxylic acids is 1. The smallest absolute Gasteiger partial charge is 0.428 e. The molecule has 0 aromatic heterocycles. The van der Waals surface area contributed by atoms with Crippen LogP contribution in [0.2, 0.25) is 0 Å². The van der Waals surface area contributed by atoms with Gasteiger partial charge in [-0.3, -0.25) is 0 Å². The average molecular weight is 568 g/mol. The number of hydrogen-bond donors (Lipinski definition) is 2. The number of hydrogen-bond acceptors (Lipinski definition) is 2. The van der Waals surface area contributed by atoms with Gasteiger partial charge in [-0.1, -0.05) is 12.1 Å². The Morgan fingerprint density at radius 1 is 0.947 bits per heavy atom. The van der Waals surface area contributed by atoms with Crippen LogP contribution < -0.4 is 15.4 Å². The monoisotopic (exact) mass is 568 g/mol. The second kappa shape index (κ2) is 11.0. The minimum atomic E-state index is -5.33. The number of ether oxygens (including phenoxy) is 1. The maximum Gasteiger partial charge on any atom is 0.461 e. The zero-order valence-electron chi connectivity index (χ0n) is 18.6. The molecule has 4 nitrogen and oxygen atoms in total. The summed E-state index contributed by atoms with van der Waals surface area (Å²) in [6.45, 7) is 1.38. The van der Waals surface area contributed by atoms with Gasteiger partial charge >= 0.3 is 30.9 Å². The summed E-state index contributed by atoms with van der Waals surface area (Å²) in [7, 11) is 0. The van der Waals surface area contributed by atoms with Gasteiger partial charge in [-0.2, -0.15) is 43.9 Å². The molecule has 0 saturated heterocycles. The minimum Gasteiger partial charge on any atom is -0.428 e. The number of benzene rings is 2. The topological polar surface area (TPSA) is 50.4 Å². The molecule has 0 bridgehead atoms. The van der Waals surface area contributed by atoms with Crippen molar-refractivity contribution >= 4 is 6.03 Å². The van der Waals surface area contributed by atoms with Gasteiger partial charge in [0.15, 0.2) is 0 Å². The highest BCUT2D eigenvalue weighted by Crippen LogP contribution is 2.40. The second-order valence-corrected chi connectivity index (χ2v) is 7.65. The molecule has 2 aromatic rings. The number of halogens is 12. The van der Waals surface area contributed by atoms with Gasteiger partial charge in [-0.25, -0.2) is 13.6 Å². The van der Waals surface area contributed by atoms with E-state index in [0.29, 0.717) is 18.2 Å². The van der Waals surface area contributed by atoms with Crippen LogP contribution in [0, 0.1) is 11.6 Å². The van der Waals surface area contributed by atoms with Crippen LogP contribution in [0.4, 0.5) is 57.5 Å². The molecule has 210 valence electrons. The summed E-state index contributed by atoms with van der Waals surface area (Å²) in [5.41, 5.74) is -5.91. The third-order valence-corrected chi connectivity index (χ3v) is 4.86. The van der Waals surface area contributed by atoms with Crippen molar-refractivity contribution < 1.29 is 62.2 Å². The SMILES string of the molecule is C=CC[C@](NC(=O)NCC(F)(F)F)(c1cc(F)cc(OC(F)(F)C(F)F)c1)c1ccc(F)c(C(F)(F)F)c1. The van der Waals surface area contributed by atoms with E-state index in [2.05, 4.69) is 11.3 Å². The van der Waals surface area contributed by atoms with Gasteiger partial charge in [0.1, 0.15) is 23.9 Å². The van der Waals surface area contributed by atoms with Gasteiger partial charge in [-0.05, 0) is 41.8 Å². The van der Waals surface area contributed by atoms with Crippen molar-refractivity contribution in [2.24, 2.45) is 0 Å². The lowest BCUT2D eigenvalue weighted by atomic mass is 9.79. The van der Waals surface area contributed by atoms with Gasteiger partial charge in [0, 0.05) is 6.07 Å². The first-order chi connectivity index (χ1) is 17.3. The van der Waals surface area contributed by atoms with Crippen LogP contribution in [0.3, 0.4) is 0 Å². The van der Waals surface area contributed by atoms with E-state index >= 15 is 0 Å². The van der Waals surface area contributed by atoms with E-state index in [-0.39, 0.29) is 18.2 Å². The number of nitrogens with one attached hydrogen (secondary N) is 2. The highest BCUT2D eigenvalue weighted by Gasteiger charge is 2.45. The normalized spacial score (nSPS) is 14.1. The molecule has 2 amide bonds. The van der Waals surface area contributed by atoms with Crippen molar-refractivity contribution in [2.75, 3.05) is 6.54 Å². The zero-order valence-corrected chi connectivity index (χ0v) is 18.6. The first-order valence-corrected chi connectivity index (χ1v) is 10.1. The highest BCUT2D eigenvalue weighted by molar-refractivity contribution is 5.76. The third-order valence-electron chi connectivity index (χ3n) is 4.86. The molecular formula is C22H16F12N2O2. The Hall–Kier alpha value is -3.59. The number of alkyl halides is 10. The molecule has 38 heavy (non-hydrogen) atoms. The number of rotatable bonds is 9. The molecule has 0 aliphatic heterocycles. The van der Waals surface area contributed by atoms with Gasteiger partial charge in [0.2, 0.25) is 0 Å². The molecule has 2 N–H and O–H groups in total. The fourth-order valence-corrected chi connectivity index (χ4v) is 3.31. The van der Waals surface area contributed by atoms with Crippen molar-refractivity contribution in [1.29, 1.82) is 0 Å². The van der Waals surface area contributed by atoms with E-state index in [1.165, 1.54) is 5.32 Å².